The normalized spacial score (nSPS) is 15.1. The molecule has 0 atom stereocenters. The largest absolute Gasteiger partial charge is 0.152 e. The van der Waals surface area contributed by atoms with Crippen LogP contribution < -0.4 is 0 Å². The Balaban J connectivity index is 2.02. The molecule has 6 rings (SSSR count). The van der Waals surface area contributed by atoms with Crippen LogP contribution in [0.4, 0.5) is 0 Å². The third-order valence-corrected chi connectivity index (χ3v) is 7.05. The summed E-state index contributed by atoms with van der Waals surface area (Å²) in [4.78, 5) is 0. The monoisotopic (exact) mass is 328 g/mol. The number of hydrogen-bond donors (Lipinski definition) is 0. The van der Waals surface area contributed by atoms with Crippen molar-refractivity contribution < 1.29 is 0 Å². The van der Waals surface area contributed by atoms with Crippen LogP contribution in [0, 0.1) is 27.7 Å². The summed E-state index contributed by atoms with van der Waals surface area (Å²) in [6.45, 7) is 9.24. The highest BCUT2D eigenvalue weighted by Gasteiger charge is 2.15. The van der Waals surface area contributed by atoms with Crippen molar-refractivity contribution in [3.63, 3.8) is 0 Å². The summed E-state index contributed by atoms with van der Waals surface area (Å²) >= 11 is 4.07. The fraction of sp³-hybridized carbons (Fsp3) is 0.400. The summed E-state index contributed by atoms with van der Waals surface area (Å²) in [5.74, 6) is 4.45. The average Bonchev–Trinajstić information content (AvgIpc) is 2.53. The van der Waals surface area contributed by atoms with Gasteiger partial charge in [0.1, 0.15) is 0 Å². The van der Waals surface area contributed by atoms with Crippen LogP contribution in [0.3, 0.4) is 0 Å². The van der Waals surface area contributed by atoms with E-state index in [9.17, 15) is 0 Å². The van der Waals surface area contributed by atoms with Crippen molar-refractivity contribution in [2.75, 3.05) is 0 Å². The smallest absolute Gasteiger partial charge is 0.0193 e. The Kier molecular flexibility index (Phi) is 4.89. The van der Waals surface area contributed by atoms with Gasteiger partial charge in [0.25, 0.3) is 0 Å². The van der Waals surface area contributed by atoms with Gasteiger partial charge in [-0.3, -0.25) is 0 Å². The van der Waals surface area contributed by atoms with Crippen LogP contribution in [0.5, 0.6) is 0 Å². The first-order valence-corrected chi connectivity index (χ1v) is 10.2. The lowest BCUT2D eigenvalue weighted by Crippen LogP contribution is -2.04. The first-order valence-electron chi connectivity index (χ1n) is 7.89. The van der Waals surface area contributed by atoms with E-state index in [0.29, 0.717) is 0 Å². The molecule has 0 N–H and O–H groups in total. The molecule has 0 spiro atoms. The molecule has 0 saturated carbocycles. The molecular formula is C20H24S2. The van der Waals surface area contributed by atoms with Gasteiger partial charge >= 0.3 is 0 Å². The molecule has 0 amide bonds. The van der Waals surface area contributed by atoms with Crippen LogP contribution in [0.1, 0.15) is 44.5 Å². The van der Waals surface area contributed by atoms with Gasteiger partial charge in [0.05, 0.1) is 0 Å². The van der Waals surface area contributed by atoms with Gasteiger partial charge in [0, 0.05) is 23.0 Å². The Labute approximate surface area is 143 Å². The molecule has 0 aliphatic carbocycles. The summed E-state index contributed by atoms with van der Waals surface area (Å²) in [6, 6.07) is 9.19. The molecule has 2 aromatic rings. The van der Waals surface area contributed by atoms with Crippen LogP contribution in [0.25, 0.3) is 0 Å². The second-order valence-electron chi connectivity index (χ2n) is 6.26. The van der Waals surface area contributed by atoms with Gasteiger partial charge in [-0.1, -0.05) is 24.3 Å². The van der Waals surface area contributed by atoms with E-state index < -0.39 is 0 Å². The van der Waals surface area contributed by atoms with Crippen molar-refractivity contribution in [3.8, 4) is 0 Å². The van der Waals surface area contributed by atoms with Crippen LogP contribution >= 0.6 is 23.5 Å². The molecule has 4 heterocycles. The van der Waals surface area contributed by atoms with E-state index in [0.717, 1.165) is 23.0 Å². The van der Waals surface area contributed by atoms with Crippen LogP contribution in [-0.4, -0.2) is 0 Å². The van der Waals surface area contributed by atoms with Gasteiger partial charge in [-0.05, 0) is 72.2 Å². The van der Waals surface area contributed by atoms with E-state index in [4.69, 9.17) is 0 Å². The van der Waals surface area contributed by atoms with E-state index in [-0.39, 0.29) is 0 Å². The molecule has 116 valence electrons. The van der Waals surface area contributed by atoms with Crippen LogP contribution in [0.2, 0.25) is 0 Å². The predicted octanol–water partition coefficient (Wildman–Crippen LogP) is 6.10. The average molecular weight is 329 g/mol. The summed E-state index contributed by atoms with van der Waals surface area (Å²) in [7, 11) is 0. The second kappa shape index (κ2) is 6.72. The van der Waals surface area contributed by atoms with Gasteiger partial charge in [-0.25, -0.2) is 0 Å². The molecule has 0 radical (unpaired) electrons. The molecule has 2 heteroatoms. The maximum absolute atomic E-state index is 2.31. The molecule has 0 fully saturated rings. The zero-order chi connectivity index (χ0) is 15.7. The minimum atomic E-state index is 1.10. The Morgan fingerprint density at radius 1 is 0.545 bits per heavy atom. The number of benzene rings is 2. The molecule has 0 aromatic heterocycles. The lowest BCUT2D eigenvalue weighted by molar-refractivity contribution is 1.11. The standard InChI is InChI=1S/C20H24S2/c1-13-14(2)20-12-22-10-18-7-5-17(6-8-18)9-21-11-19(13)15(3)16(20)4/h5-8H,9-12H2,1-4H3. The minimum Gasteiger partial charge on any atom is -0.152 e. The molecule has 0 unspecified atom stereocenters. The molecule has 4 bridgehead atoms. The molecule has 4 aliphatic heterocycles. The van der Waals surface area contributed by atoms with Gasteiger partial charge in [0.2, 0.25) is 0 Å². The summed E-state index contributed by atoms with van der Waals surface area (Å²) in [6.07, 6.45) is 0. The van der Waals surface area contributed by atoms with Gasteiger partial charge in [0.15, 0.2) is 0 Å². The van der Waals surface area contributed by atoms with E-state index in [1.807, 2.05) is 23.5 Å². The van der Waals surface area contributed by atoms with E-state index in [2.05, 4.69) is 52.0 Å². The van der Waals surface area contributed by atoms with E-state index >= 15 is 0 Å². The molecule has 0 nitrogen and oxygen atoms in total. The van der Waals surface area contributed by atoms with Crippen LogP contribution in [0.15, 0.2) is 24.3 Å². The summed E-state index contributed by atoms with van der Waals surface area (Å²) in [5.41, 5.74) is 12.0. The Bertz CT molecular complexity index is 595. The Hall–Kier alpha value is -0.860. The Morgan fingerprint density at radius 3 is 1.18 bits per heavy atom. The quantitative estimate of drug-likeness (QED) is 0.573. The minimum absolute atomic E-state index is 1.10. The fourth-order valence-electron chi connectivity index (χ4n) is 3.17. The topological polar surface area (TPSA) is 0 Å². The maximum Gasteiger partial charge on any atom is 0.0193 e. The third kappa shape index (κ3) is 3.09. The zero-order valence-electron chi connectivity index (χ0n) is 14.0. The van der Waals surface area contributed by atoms with Crippen molar-refractivity contribution >= 4 is 23.5 Å². The molecule has 22 heavy (non-hydrogen) atoms. The highest BCUT2D eigenvalue weighted by molar-refractivity contribution is 7.98. The zero-order valence-corrected chi connectivity index (χ0v) is 15.6. The maximum atomic E-state index is 2.31. The second-order valence-corrected chi connectivity index (χ2v) is 8.23. The van der Waals surface area contributed by atoms with Crippen molar-refractivity contribution in [2.45, 2.75) is 50.7 Å². The first-order chi connectivity index (χ1) is 10.6. The molecule has 4 aliphatic rings. The van der Waals surface area contributed by atoms with Crippen molar-refractivity contribution in [1.82, 2.24) is 0 Å². The number of thioether (sulfide) groups is 2. The number of hydrogen-bond acceptors (Lipinski definition) is 2. The van der Waals surface area contributed by atoms with Crippen molar-refractivity contribution in [3.05, 3.63) is 68.8 Å². The first kappa shape index (κ1) is 16.0. The van der Waals surface area contributed by atoms with Crippen molar-refractivity contribution in [1.29, 1.82) is 0 Å². The number of rotatable bonds is 0. The van der Waals surface area contributed by atoms with E-state index in [1.165, 1.54) is 33.4 Å². The summed E-state index contributed by atoms with van der Waals surface area (Å²) < 4.78 is 0. The predicted molar refractivity (Wildman–Crippen MR) is 102 cm³/mol. The SMILES string of the molecule is Cc1c(C)c2c(C)c(C)c1CSCc1ccc(cc1)CSC2. The van der Waals surface area contributed by atoms with Gasteiger partial charge in [-0.15, -0.1) is 0 Å². The lowest BCUT2D eigenvalue weighted by atomic mass is 9.90. The van der Waals surface area contributed by atoms with Gasteiger partial charge in [-0.2, -0.15) is 23.5 Å². The van der Waals surface area contributed by atoms with Gasteiger partial charge < -0.3 is 0 Å². The Morgan fingerprint density at radius 2 is 0.864 bits per heavy atom. The summed E-state index contributed by atoms with van der Waals surface area (Å²) in [5, 5.41) is 0. The van der Waals surface area contributed by atoms with Crippen LogP contribution in [-0.2, 0) is 23.0 Å². The lowest BCUT2D eigenvalue weighted by Gasteiger charge is -2.21. The fourth-order valence-corrected chi connectivity index (χ4v) is 5.51. The van der Waals surface area contributed by atoms with Crippen molar-refractivity contribution in [2.24, 2.45) is 0 Å². The third-order valence-electron chi connectivity index (χ3n) is 4.99. The molecule has 2 aromatic carbocycles. The highest BCUT2D eigenvalue weighted by Crippen LogP contribution is 2.33. The molecular weight excluding hydrogens is 304 g/mol. The highest BCUT2D eigenvalue weighted by atomic mass is 32.2. The molecule has 0 saturated heterocycles. The van der Waals surface area contributed by atoms with E-state index in [1.54, 1.807) is 11.1 Å².